The molecule has 4 rings (SSSR count). The zero-order chi connectivity index (χ0) is 20.0. The lowest BCUT2D eigenvalue weighted by Gasteiger charge is -2.12. The molecule has 1 aromatic carbocycles. The van der Waals surface area contributed by atoms with Crippen molar-refractivity contribution in [3.05, 3.63) is 39.9 Å². The van der Waals surface area contributed by atoms with Crippen LogP contribution in [0.1, 0.15) is 17.3 Å². The molecule has 1 N–H and O–H groups in total. The number of benzene rings is 1. The first-order valence-electron chi connectivity index (χ1n) is 8.29. The fraction of sp³-hybridized carbons (Fsp3) is 0.211. The quantitative estimate of drug-likeness (QED) is 0.323. The number of fused-ring (bicyclic) bond motifs is 4. The molecule has 4 aromatic rings. The van der Waals surface area contributed by atoms with Gasteiger partial charge >= 0.3 is 11.6 Å². The molecule has 3 aromatic heterocycles. The summed E-state index contributed by atoms with van der Waals surface area (Å²) >= 11 is 0. The summed E-state index contributed by atoms with van der Waals surface area (Å²) in [6, 6.07) is 2.89. The third-order valence-electron chi connectivity index (χ3n) is 4.30. The van der Waals surface area contributed by atoms with Crippen LogP contribution < -0.4 is 20.7 Å². The lowest BCUT2D eigenvalue weighted by atomic mass is 10.1. The number of furan rings is 1. The summed E-state index contributed by atoms with van der Waals surface area (Å²) < 4.78 is 32.3. The molecular weight excluding hydrogens is 370 g/mol. The minimum absolute atomic E-state index is 0.0301. The highest BCUT2D eigenvalue weighted by Gasteiger charge is 2.25. The van der Waals surface area contributed by atoms with E-state index in [9.17, 15) is 9.59 Å². The molecule has 0 aliphatic rings. The van der Waals surface area contributed by atoms with Gasteiger partial charge in [-0.2, -0.15) is 0 Å². The number of hydrogen-bond donors (Lipinski definition) is 1. The van der Waals surface area contributed by atoms with Crippen molar-refractivity contribution in [2.24, 2.45) is 0 Å². The number of ether oxygens (including phenoxy) is 3. The number of esters is 1. The molecule has 0 fully saturated rings. The van der Waals surface area contributed by atoms with Gasteiger partial charge in [0, 0.05) is 0 Å². The molecule has 0 aliphatic heterocycles. The van der Waals surface area contributed by atoms with Gasteiger partial charge in [-0.15, -0.1) is 0 Å². The Hall–Kier alpha value is -3.75. The van der Waals surface area contributed by atoms with Crippen molar-refractivity contribution in [1.82, 2.24) is 0 Å². The van der Waals surface area contributed by atoms with Gasteiger partial charge in [0.2, 0.25) is 11.3 Å². The van der Waals surface area contributed by atoms with Crippen LogP contribution in [-0.2, 0) is 4.74 Å². The van der Waals surface area contributed by atoms with Crippen LogP contribution in [-0.4, -0.2) is 26.8 Å². The topological polar surface area (TPSA) is 125 Å². The van der Waals surface area contributed by atoms with E-state index in [0.29, 0.717) is 16.7 Å². The standard InChI is InChI=1S/C19H15NO8/c1-4-25-18(21)10-7-9-13(27-17(10)20)11-12(23-2)8-5-6-26-14(8)16(24-3)15(11)28-19(9)22/h5-7,20H,4H2,1-3H3. The summed E-state index contributed by atoms with van der Waals surface area (Å²) in [5.74, 6) is -0.265. The molecule has 9 nitrogen and oxygen atoms in total. The van der Waals surface area contributed by atoms with Crippen LogP contribution in [0.15, 0.2) is 36.4 Å². The van der Waals surface area contributed by atoms with Gasteiger partial charge < -0.3 is 27.5 Å². The fourth-order valence-electron chi connectivity index (χ4n) is 3.15. The highest BCUT2D eigenvalue weighted by molar-refractivity contribution is 6.15. The Morgan fingerprint density at radius 1 is 1.07 bits per heavy atom. The summed E-state index contributed by atoms with van der Waals surface area (Å²) in [6.07, 6.45) is 1.45. The summed E-state index contributed by atoms with van der Waals surface area (Å²) in [7, 11) is 2.85. The Balaban J connectivity index is 2.24. The predicted molar refractivity (Wildman–Crippen MR) is 96.9 cm³/mol. The second-order valence-corrected chi connectivity index (χ2v) is 5.78. The van der Waals surface area contributed by atoms with Crippen LogP contribution in [0.3, 0.4) is 0 Å². The first kappa shape index (κ1) is 17.7. The lowest BCUT2D eigenvalue weighted by molar-refractivity contribution is 0.0521. The average molecular weight is 385 g/mol. The molecule has 9 heteroatoms. The summed E-state index contributed by atoms with van der Waals surface area (Å²) in [5, 5.41) is 8.89. The Morgan fingerprint density at radius 2 is 1.82 bits per heavy atom. The molecule has 0 saturated carbocycles. The Bertz CT molecular complexity index is 1360. The minimum Gasteiger partial charge on any atom is -0.495 e. The summed E-state index contributed by atoms with van der Waals surface area (Å²) in [4.78, 5) is 24.7. The SMILES string of the molecule is CCOC(=O)c1cc2c(=O)oc3c(OC)c4occc4c(OC)c3c2oc1=N. The second kappa shape index (κ2) is 6.45. The molecule has 0 unspecified atom stereocenters. The van der Waals surface area contributed by atoms with Crippen molar-refractivity contribution in [2.75, 3.05) is 20.8 Å². The van der Waals surface area contributed by atoms with Gasteiger partial charge in [0.15, 0.2) is 16.7 Å². The monoisotopic (exact) mass is 385 g/mol. The fourth-order valence-corrected chi connectivity index (χ4v) is 3.15. The van der Waals surface area contributed by atoms with Gasteiger partial charge in [0.05, 0.1) is 32.5 Å². The number of carbonyl (C=O) groups is 1. The maximum Gasteiger partial charge on any atom is 0.347 e. The number of rotatable bonds is 4. The Morgan fingerprint density at radius 3 is 2.50 bits per heavy atom. The van der Waals surface area contributed by atoms with Crippen molar-refractivity contribution in [3.8, 4) is 11.5 Å². The maximum atomic E-state index is 12.6. The molecule has 28 heavy (non-hydrogen) atoms. The molecule has 144 valence electrons. The normalized spacial score (nSPS) is 11.2. The van der Waals surface area contributed by atoms with Crippen molar-refractivity contribution in [1.29, 1.82) is 5.41 Å². The first-order valence-corrected chi connectivity index (χ1v) is 8.29. The zero-order valence-electron chi connectivity index (χ0n) is 15.2. The highest BCUT2D eigenvalue weighted by atomic mass is 16.5. The number of carbonyl (C=O) groups excluding carboxylic acids is 1. The number of hydrogen-bond acceptors (Lipinski definition) is 9. The molecule has 0 aliphatic carbocycles. The number of nitrogens with one attached hydrogen (secondary N) is 1. The molecule has 0 saturated heterocycles. The van der Waals surface area contributed by atoms with Crippen LogP contribution in [0.4, 0.5) is 0 Å². The zero-order valence-corrected chi connectivity index (χ0v) is 15.2. The molecule has 0 radical (unpaired) electrons. The van der Waals surface area contributed by atoms with Gasteiger partial charge in [-0.3, -0.25) is 5.41 Å². The number of methoxy groups -OCH3 is 2. The summed E-state index contributed by atoms with van der Waals surface area (Å²) in [6.45, 7) is 1.75. The van der Waals surface area contributed by atoms with E-state index in [0.717, 1.165) is 0 Å². The van der Waals surface area contributed by atoms with Crippen LogP contribution in [0, 0.1) is 5.41 Å². The van der Waals surface area contributed by atoms with Crippen molar-refractivity contribution in [2.45, 2.75) is 6.92 Å². The van der Waals surface area contributed by atoms with Crippen LogP contribution >= 0.6 is 0 Å². The van der Waals surface area contributed by atoms with Crippen LogP contribution in [0.25, 0.3) is 32.9 Å². The van der Waals surface area contributed by atoms with Crippen molar-refractivity contribution in [3.63, 3.8) is 0 Å². The van der Waals surface area contributed by atoms with E-state index in [1.54, 1.807) is 13.0 Å². The smallest absolute Gasteiger partial charge is 0.347 e. The van der Waals surface area contributed by atoms with E-state index in [2.05, 4.69) is 0 Å². The molecule has 0 atom stereocenters. The maximum absolute atomic E-state index is 12.6. The molecule has 0 spiro atoms. The van der Waals surface area contributed by atoms with E-state index in [1.165, 1.54) is 26.5 Å². The summed E-state index contributed by atoms with van der Waals surface area (Å²) in [5.41, 5.74) is -0.997. The van der Waals surface area contributed by atoms with E-state index < -0.39 is 17.1 Å². The molecule has 3 heterocycles. The lowest BCUT2D eigenvalue weighted by Crippen LogP contribution is -2.18. The largest absolute Gasteiger partial charge is 0.495 e. The van der Waals surface area contributed by atoms with Gasteiger partial charge in [-0.1, -0.05) is 0 Å². The first-order chi connectivity index (χ1) is 13.5. The second-order valence-electron chi connectivity index (χ2n) is 5.78. The Labute approximate surface area is 156 Å². The minimum atomic E-state index is -0.775. The van der Waals surface area contributed by atoms with E-state index in [1.807, 2.05) is 0 Å². The van der Waals surface area contributed by atoms with Crippen molar-refractivity contribution >= 4 is 38.9 Å². The Kier molecular flexibility index (Phi) is 4.07. The molecule has 0 amide bonds. The van der Waals surface area contributed by atoms with Crippen LogP contribution in [0.5, 0.6) is 11.5 Å². The van der Waals surface area contributed by atoms with Gasteiger partial charge in [0.1, 0.15) is 22.1 Å². The van der Waals surface area contributed by atoms with E-state index in [4.69, 9.17) is 32.9 Å². The van der Waals surface area contributed by atoms with Crippen molar-refractivity contribution < 1.29 is 32.3 Å². The third kappa shape index (κ3) is 2.36. The molecular formula is C19H15NO8. The van der Waals surface area contributed by atoms with E-state index >= 15 is 0 Å². The van der Waals surface area contributed by atoms with Gasteiger partial charge in [-0.05, 0) is 19.1 Å². The van der Waals surface area contributed by atoms with E-state index in [-0.39, 0.29) is 39.9 Å². The predicted octanol–water partition coefficient (Wildman–Crippen LogP) is 2.96. The average Bonchev–Trinajstić information content (AvgIpc) is 3.15. The third-order valence-corrected chi connectivity index (χ3v) is 4.30. The van der Waals surface area contributed by atoms with Gasteiger partial charge in [-0.25, -0.2) is 9.59 Å². The highest BCUT2D eigenvalue weighted by Crippen LogP contribution is 2.44. The molecule has 0 bridgehead atoms. The van der Waals surface area contributed by atoms with Crippen LogP contribution in [0.2, 0.25) is 0 Å². The van der Waals surface area contributed by atoms with Gasteiger partial charge in [0.25, 0.3) is 0 Å².